The summed E-state index contributed by atoms with van der Waals surface area (Å²) in [5.74, 6) is 0.593. The summed E-state index contributed by atoms with van der Waals surface area (Å²) in [7, 11) is 4.60. The van der Waals surface area contributed by atoms with Crippen molar-refractivity contribution < 1.29 is 43.9 Å². The van der Waals surface area contributed by atoms with Crippen LogP contribution in [0, 0.1) is 0 Å². The fraction of sp³-hybridized carbons (Fsp3) is 0.438. The zero-order valence-corrected chi connectivity index (χ0v) is 24.7. The van der Waals surface area contributed by atoms with Gasteiger partial charge in [0.25, 0.3) is 0 Å². The molecule has 43 heavy (non-hydrogen) atoms. The molecule has 2 amide bonds. The van der Waals surface area contributed by atoms with Crippen LogP contribution in [0.3, 0.4) is 0 Å². The fourth-order valence-electron chi connectivity index (χ4n) is 5.75. The molecule has 2 aromatic carbocycles. The van der Waals surface area contributed by atoms with Crippen LogP contribution < -0.4 is 24.3 Å². The smallest absolute Gasteiger partial charge is 0.247 e. The average molecular weight is 597 g/mol. The molecule has 0 unspecified atom stereocenters. The molecule has 0 radical (unpaired) electrons. The highest BCUT2D eigenvalue weighted by atomic mass is 16.5. The number of nitrogens with zero attached hydrogens (tertiary/aromatic N) is 1. The van der Waals surface area contributed by atoms with Crippen molar-refractivity contribution in [3.8, 4) is 23.0 Å². The average Bonchev–Trinajstić information content (AvgIpc) is 3.42. The highest BCUT2D eigenvalue weighted by Gasteiger charge is 2.51. The summed E-state index contributed by atoms with van der Waals surface area (Å²) in [6, 6.07) is 7.87. The molecule has 0 saturated heterocycles. The van der Waals surface area contributed by atoms with Gasteiger partial charge >= 0.3 is 0 Å². The van der Waals surface area contributed by atoms with E-state index < -0.39 is 30.1 Å². The van der Waals surface area contributed by atoms with Crippen LogP contribution in [-0.4, -0.2) is 91.3 Å². The Bertz CT molecular complexity index is 1360. The van der Waals surface area contributed by atoms with Crippen LogP contribution >= 0.6 is 0 Å². The number of nitrogens with one attached hydrogen (secondary N) is 1. The SMILES string of the molecule is C=CCCC(=O)N(CCc1cc(OC)ccc1OC)[C@@H]1C=C(C(=O)NCCO)[C@@H]2c3cc(CO)cc(OC)c3O[C@@H]2[C@H]1O. The first-order chi connectivity index (χ1) is 20.8. The predicted molar refractivity (Wildman–Crippen MR) is 158 cm³/mol. The van der Waals surface area contributed by atoms with Crippen molar-refractivity contribution in [3.63, 3.8) is 0 Å². The van der Waals surface area contributed by atoms with Crippen LogP contribution in [0.5, 0.6) is 23.0 Å². The molecule has 232 valence electrons. The van der Waals surface area contributed by atoms with E-state index in [2.05, 4.69) is 11.9 Å². The van der Waals surface area contributed by atoms with Crippen LogP contribution in [0.1, 0.15) is 35.4 Å². The molecular weight excluding hydrogens is 556 g/mol. The van der Waals surface area contributed by atoms with Crippen LogP contribution in [0.15, 0.2) is 54.6 Å². The molecule has 4 rings (SSSR count). The van der Waals surface area contributed by atoms with E-state index in [1.165, 1.54) is 7.11 Å². The molecule has 1 aliphatic heterocycles. The Hall–Kier alpha value is -4.06. The monoisotopic (exact) mass is 596 g/mol. The number of aliphatic hydroxyl groups is 3. The van der Waals surface area contributed by atoms with Gasteiger partial charge in [-0.15, -0.1) is 6.58 Å². The van der Waals surface area contributed by atoms with Gasteiger partial charge < -0.3 is 44.5 Å². The van der Waals surface area contributed by atoms with Crippen LogP contribution in [-0.2, 0) is 22.6 Å². The molecule has 1 aliphatic carbocycles. The zero-order chi connectivity index (χ0) is 31.1. The lowest BCUT2D eigenvalue weighted by Crippen LogP contribution is -2.56. The van der Waals surface area contributed by atoms with E-state index in [-0.39, 0.29) is 44.2 Å². The minimum atomic E-state index is -1.21. The Morgan fingerprint density at radius 3 is 2.51 bits per heavy atom. The van der Waals surface area contributed by atoms with E-state index in [9.17, 15) is 24.9 Å². The van der Waals surface area contributed by atoms with Gasteiger partial charge in [0.05, 0.1) is 46.5 Å². The first kappa shape index (κ1) is 31.9. The second-order valence-corrected chi connectivity index (χ2v) is 10.4. The van der Waals surface area contributed by atoms with Gasteiger partial charge in [-0.1, -0.05) is 6.08 Å². The normalized spacial score (nSPS) is 20.2. The topological polar surface area (TPSA) is 147 Å². The van der Waals surface area contributed by atoms with Gasteiger partial charge in [-0.3, -0.25) is 9.59 Å². The van der Waals surface area contributed by atoms with Crippen LogP contribution in [0.2, 0.25) is 0 Å². The second kappa shape index (κ2) is 14.4. The quantitative estimate of drug-likeness (QED) is 0.240. The largest absolute Gasteiger partial charge is 0.497 e. The molecule has 0 spiro atoms. The number of carbonyl (C=O) groups excluding carboxylic acids is 2. The van der Waals surface area contributed by atoms with Gasteiger partial charge in [0.1, 0.15) is 23.7 Å². The summed E-state index contributed by atoms with van der Waals surface area (Å²) < 4.78 is 22.7. The number of fused-ring (bicyclic) bond motifs is 3. The standard InChI is InChI=1S/C32H40N2O9/c1-5-6-7-27(37)34(12-10-20-16-21(40-2)8-9-25(20)41-3)24-17-23(32(39)33-11-13-35)28-22-14-19(18-36)15-26(42-4)30(22)43-31(28)29(24)38/h5,8-9,14-17,24,28-29,31,35-36,38H,1,6-7,10-13,18H2,2-4H3,(H,33,39)/t24-,28+,29+,31+/m1/s1. The summed E-state index contributed by atoms with van der Waals surface area (Å²) in [4.78, 5) is 28.7. The number of hydrogen-bond acceptors (Lipinski definition) is 9. The maximum absolute atomic E-state index is 13.6. The molecule has 4 atom stereocenters. The number of allylic oxidation sites excluding steroid dienone is 1. The van der Waals surface area contributed by atoms with Crippen molar-refractivity contribution >= 4 is 11.8 Å². The van der Waals surface area contributed by atoms with E-state index in [1.54, 1.807) is 55.5 Å². The van der Waals surface area contributed by atoms with E-state index in [4.69, 9.17) is 18.9 Å². The number of benzene rings is 2. The third kappa shape index (κ3) is 6.64. The van der Waals surface area contributed by atoms with Crippen molar-refractivity contribution in [1.82, 2.24) is 10.2 Å². The molecule has 2 aliphatic rings. The van der Waals surface area contributed by atoms with Gasteiger partial charge in [-0.05, 0) is 60.4 Å². The molecule has 0 aromatic heterocycles. The summed E-state index contributed by atoms with van der Waals surface area (Å²) in [6.07, 6.45) is 2.10. The van der Waals surface area contributed by atoms with Gasteiger partial charge in [0, 0.05) is 30.6 Å². The maximum atomic E-state index is 13.6. The van der Waals surface area contributed by atoms with Crippen molar-refractivity contribution in [3.05, 3.63) is 71.3 Å². The number of carbonyl (C=O) groups is 2. The maximum Gasteiger partial charge on any atom is 0.247 e. The first-order valence-electron chi connectivity index (χ1n) is 14.2. The minimum Gasteiger partial charge on any atom is -0.497 e. The molecule has 1 heterocycles. The van der Waals surface area contributed by atoms with E-state index in [0.29, 0.717) is 47.0 Å². The third-order valence-electron chi connectivity index (χ3n) is 7.85. The number of ether oxygens (including phenoxy) is 4. The molecule has 2 aromatic rings. The Balaban J connectivity index is 1.77. The predicted octanol–water partition coefficient (Wildman–Crippen LogP) is 1.86. The molecule has 11 nitrogen and oxygen atoms in total. The molecule has 0 fully saturated rings. The number of rotatable bonds is 14. The molecule has 0 bridgehead atoms. The lowest BCUT2D eigenvalue weighted by molar-refractivity contribution is -0.137. The Kier molecular flexibility index (Phi) is 10.7. The summed E-state index contributed by atoms with van der Waals surface area (Å²) in [6.45, 7) is 3.43. The van der Waals surface area contributed by atoms with Crippen LogP contribution in [0.4, 0.5) is 0 Å². The van der Waals surface area contributed by atoms with Gasteiger partial charge in [-0.2, -0.15) is 0 Å². The summed E-state index contributed by atoms with van der Waals surface area (Å²) in [5.41, 5.74) is 2.23. The third-order valence-corrected chi connectivity index (χ3v) is 7.85. The minimum absolute atomic E-state index is 0.0199. The van der Waals surface area contributed by atoms with Gasteiger partial charge in [-0.25, -0.2) is 0 Å². The lowest BCUT2D eigenvalue weighted by Gasteiger charge is -2.41. The number of amides is 2. The molecular formula is C32H40N2O9. The Labute approximate surface area is 251 Å². The Morgan fingerprint density at radius 1 is 1.09 bits per heavy atom. The number of hydrogen-bond donors (Lipinski definition) is 4. The van der Waals surface area contributed by atoms with Crippen molar-refractivity contribution in [2.75, 3.05) is 41.0 Å². The van der Waals surface area contributed by atoms with Crippen molar-refractivity contribution in [2.45, 2.75) is 50.0 Å². The fourth-order valence-corrected chi connectivity index (χ4v) is 5.75. The van der Waals surface area contributed by atoms with Gasteiger partial charge in [0.15, 0.2) is 11.5 Å². The number of aliphatic hydroxyl groups excluding tert-OH is 3. The summed E-state index contributed by atoms with van der Waals surface area (Å²) >= 11 is 0. The highest BCUT2D eigenvalue weighted by molar-refractivity contribution is 5.96. The molecule has 11 heteroatoms. The van der Waals surface area contributed by atoms with E-state index >= 15 is 0 Å². The highest BCUT2D eigenvalue weighted by Crippen LogP contribution is 2.51. The Morgan fingerprint density at radius 2 is 1.86 bits per heavy atom. The van der Waals surface area contributed by atoms with E-state index in [1.807, 2.05) is 6.07 Å². The van der Waals surface area contributed by atoms with E-state index in [0.717, 1.165) is 5.56 Å². The zero-order valence-electron chi connectivity index (χ0n) is 24.7. The lowest BCUT2D eigenvalue weighted by atomic mass is 9.77. The second-order valence-electron chi connectivity index (χ2n) is 10.4. The van der Waals surface area contributed by atoms with Crippen LogP contribution in [0.25, 0.3) is 0 Å². The van der Waals surface area contributed by atoms with Gasteiger partial charge in [0.2, 0.25) is 11.8 Å². The van der Waals surface area contributed by atoms with Crippen molar-refractivity contribution in [1.29, 1.82) is 0 Å². The molecule has 0 saturated carbocycles. The van der Waals surface area contributed by atoms with Crippen molar-refractivity contribution in [2.24, 2.45) is 0 Å². The molecule has 4 N–H and O–H groups in total. The number of methoxy groups -OCH3 is 3. The first-order valence-corrected chi connectivity index (χ1v) is 14.2. The summed E-state index contributed by atoms with van der Waals surface area (Å²) in [5, 5.41) is 33.7.